The fourth-order valence-corrected chi connectivity index (χ4v) is 12.4. The monoisotopic (exact) mass is 1290 g/mol. The Morgan fingerprint density at radius 3 is 0.805 bits per heavy atom. The predicted molar refractivity (Wildman–Crippen MR) is 393 cm³/mol. The Bertz CT molecular complexity index is 1890. The summed E-state index contributed by atoms with van der Waals surface area (Å²) in [5, 5.41) is 0. The number of nitrogens with zero attached hydrogens (tertiary/aromatic N) is 2. The second-order valence-corrected chi connectivity index (χ2v) is 26.8. The van der Waals surface area contributed by atoms with E-state index in [0.717, 1.165) is 67.7 Å². The summed E-state index contributed by atoms with van der Waals surface area (Å²) < 4.78 is 0. The molecule has 2 nitrogen and oxygen atoms in total. The molecule has 2 aromatic carbocycles. The summed E-state index contributed by atoms with van der Waals surface area (Å²) in [6, 6.07) is 17.6. The van der Waals surface area contributed by atoms with E-state index in [1.807, 2.05) is 0 Å². The zero-order valence-corrected chi connectivity index (χ0v) is 60.1. The van der Waals surface area contributed by atoms with Crippen LogP contribution in [0.5, 0.6) is 0 Å². The van der Waals surface area contributed by atoms with Gasteiger partial charge in [0.25, 0.3) is 0 Å². The van der Waals surface area contributed by atoms with Gasteiger partial charge < -0.3 is 0 Å². The van der Waals surface area contributed by atoms with Crippen LogP contribution in [0.1, 0.15) is 424 Å². The Morgan fingerprint density at radius 1 is 0.287 bits per heavy atom. The molecule has 0 aliphatic carbocycles. The largest absolute Gasteiger partial charge is 0.251 e. The van der Waals surface area contributed by atoms with Gasteiger partial charge in [0, 0.05) is 26.8 Å². The first kappa shape index (κ1) is 82.5. The van der Waals surface area contributed by atoms with Gasteiger partial charge in [0.2, 0.25) is 0 Å². The summed E-state index contributed by atoms with van der Waals surface area (Å²) in [5.41, 5.74) is 6.31. The van der Waals surface area contributed by atoms with Gasteiger partial charge in [-0.3, -0.25) is 4.99 Å². The van der Waals surface area contributed by atoms with Crippen molar-refractivity contribution in [3.63, 3.8) is 0 Å². The van der Waals surface area contributed by atoms with Gasteiger partial charge in [0.05, 0.1) is 17.1 Å². The van der Waals surface area contributed by atoms with E-state index < -0.39 is 0 Å². The average Bonchev–Trinajstić information content (AvgIpc) is 3.58. The zero-order valence-electron chi connectivity index (χ0n) is 58.6. The van der Waals surface area contributed by atoms with Crippen molar-refractivity contribution < 1.29 is 20.4 Å². The Balaban J connectivity index is 0.0000378. The van der Waals surface area contributed by atoms with Crippen molar-refractivity contribution >= 4 is 35.0 Å². The summed E-state index contributed by atoms with van der Waals surface area (Å²) in [6.45, 7) is 9.20. The molecule has 0 atom stereocenters. The van der Waals surface area contributed by atoms with E-state index in [1.54, 1.807) is 0 Å². The molecule has 0 aliphatic rings. The molecule has 2 rings (SSSR count). The second kappa shape index (κ2) is 67.9. The third-order valence-corrected chi connectivity index (χ3v) is 18.3. The van der Waals surface area contributed by atoms with Gasteiger partial charge in [-0.2, -0.15) is 0 Å². The number of aliphatic imine (C=N–C) groups is 2. The molecule has 0 radical (unpaired) electrons. The third kappa shape index (κ3) is 56.0. The van der Waals surface area contributed by atoms with Crippen LogP contribution in [-0.4, -0.2) is 11.4 Å². The fraction of sp³-hybridized carbons (Fsp3) is 0.762. The van der Waals surface area contributed by atoms with Crippen molar-refractivity contribution in [2.24, 2.45) is 9.98 Å². The van der Waals surface area contributed by atoms with E-state index in [-0.39, 0.29) is 20.4 Å². The first-order chi connectivity index (χ1) is 42.7. The standard InChI is InChI=1S/C84H144N2.Pd/c1-5-9-13-16-19-22-25-28-31-34-37-39-41-43-46-49-52-55-58-61-64-67-79-71-75-81(76-72-79)85-83(69-12-8-4)84(70-66-63-60-57-54-51-48-45-36-33-30-27-24-21-18-15-11-7-3)86-82-77-73-80(74-78-82)68-65-62-59-56-53-50-47-44-42-40-38-35-32-29-26-23-20-17-14-10-6-2;/h64-65,67-68,71-78H,5-63,69H2,1-4H3;. The Kier molecular flexibility index (Phi) is 64.3. The van der Waals surface area contributed by atoms with Crippen LogP contribution in [0.3, 0.4) is 0 Å². The summed E-state index contributed by atoms with van der Waals surface area (Å²) in [7, 11) is 0. The first-order valence-corrected chi connectivity index (χ1v) is 38.9. The van der Waals surface area contributed by atoms with Crippen LogP contribution in [0.15, 0.2) is 70.7 Å². The molecule has 0 heterocycles. The topological polar surface area (TPSA) is 24.7 Å². The molecule has 500 valence electrons. The van der Waals surface area contributed by atoms with Crippen molar-refractivity contribution in [1.29, 1.82) is 0 Å². The summed E-state index contributed by atoms with van der Waals surface area (Å²) in [4.78, 5) is 10.6. The first-order valence-electron chi connectivity index (χ1n) is 38.9. The molecule has 0 spiro atoms. The van der Waals surface area contributed by atoms with E-state index in [4.69, 9.17) is 9.98 Å². The summed E-state index contributed by atoms with van der Waals surface area (Å²) in [5.74, 6) is 7.18. The van der Waals surface area contributed by atoms with Gasteiger partial charge in [-0.15, -0.1) is 0 Å². The minimum absolute atomic E-state index is 0. The molecule has 0 saturated heterocycles. The molecule has 0 N–H and O–H groups in total. The molecule has 0 aliphatic heterocycles. The van der Waals surface area contributed by atoms with E-state index in [2.05, 4.69) is 112 Å². The van der Waals surface area contributed by atoms with Crippen LogP contribution in [0, 0.1) is 11.8 Å². The van der Waals surface area contributed by atoms with E-state index in [1.165, 1.54) is 351 Å². The molecular formula is C84H144N2Pd. The minimum Gasteiger partial charge on any atom is -0.251 e. The normalized spacial score (nSPS) is 12.0. The smallest absolute Gasteiger partial charge is 0.135 e. The molecule has 0 bridgehead atoms. The van der Waals surface area contributed by atoms with Crippen LogP contribution >= 0.6 is 0 Å². The number of allylic oxidation sites excluding steroid dienone is 2. The van der Waals surface area contributed by atoms with Crippen LogP contribution in [0.2, 0.25) is 0 Å². The fourth-order valence-electron chi connectivity index (χ4n) is 12.4. The number of hydrogen-bond donors (Lipinski definition) is 0. The molecule has 0 fully saturated rings. The number of rotatable bonds is 64. The van der Waals surface area contributed by atoms with Crippen molar-refractivity contribution in [2.45, 2.75) is 413 Å². The second-order valence-electron chi connectivity index (χ2n) is 26.8. The quantitative estimate of drug-likeness (QED) is 0.0273. The van der Waals surface area contributed by atoms with E-state index >= 15 is 0 Å². The molecule has 0 unspecified atom stereocenters. The van der Waals surface area contributed by atoms with Crippen molar-refractivity contribution in [3.8, 4) is 11.8 Å². The van der Waals surface area contributed by atoms with Crippen LogP contribution in [0.25, 0.3) is 12.2 Å². The molecule has 3 heteroatoms. The van der Waals surface area contributed by atoms with Crippen LogP contribution in [0.4, 0.5) is 11.4 Å². The van der Waals surface area contributed by atoms with Gasteiger partial charge in [-0.05, 0) is 86.3 Å². The maximum atomic E-state index is 5.30. The summed E-state index contributed by atoms with van der Waals surface area (Å²) >= 11 is 0. The van der Waals surface area contributed by atoms with E-state index in [0.29, 0.717) is 0 Å². The van der Waals surface area contributed by atoms with Gasteiger partial charge in [0.15, 0.2) is 0 Å². The van der Waals surface area contributed by atoms with Crippen LogP contribution < -0.4 is 0 Å². The molecule has 0 aromatic heterocycles. The Morgan fingerprint density at radius 2 is 0.529 bits per heavy atom. The molecule has 87 heavy (non-hydrogen) atoms. The number of benzene rings is 2. The minimum atomic E-state index is 0. The third-order valence-electron chi connectivity index (χ3n) is 18.3. The summed E-state index contributed by atoms with van der Waals surface area (Å²) in [6.07, 6.45) is 92.1. The Hall–Kier alpha value is -2.52. The van der Waals surface area contributed by atoms with Gasteiger partial charge in [-0.25, -0.2) is 4.99 Å². The number of unbranched alkanes of at least 4 members (excludes halogenated alkanes) is 55. The zero-order chi connectivity index (χ0) is 61.2. The van der Waals surface area contributed by atoms with Gasteiger partial charge in [-0.1, -0.05) is 416 Å². The van der Waals surface area contributed by atoms with Crippen molar-refractivity contribution in [1.82, 2.24) is 0 Å². The number of hydrogen-bond acceptors (Lipinski definition) is 2. The van der Waals surface area contributed by atoms with Crippen LogP contribution in [-0.2, 0) is 20.4 Å². The average molecular weight is 1290 g/mol. The van der Waals surface area contributed by atoms with E-state index in [9.17, 15) is 0 Å². The van der Waals surface area contributed by atoms with Crippen molar-refractivity contribution in [2.75, 3.05) is 0 Å². The molecular weight excluding hydrogens is 1140 g/mol. The van der Waals surface area contributed by atoms with Gasteiger partial charge in [0.1, 0.15) is 5.71 Å². The molecule has 0 amide bonds. The van der Waals surface area contributed by atoms with Gasteiger partial charge >= 0.3 is 0 Å². The maximum Gasteiger partial charge on any atom is 0.135 e. The molecule has 0 saturated carbocycles. The Labute approximate surface area is 558 Å². The predicted octanol–water partition coefficient (Wildman–Crippen LogP) is 30.0. The van der Waals surface area contributed by atoms with Crippen molar-refractivity contribution in [3.05, 3.63) is 71.8 Å². The maximum absolute atomic E-state index is 5.30. The SMILES string of the molecule is CCCCCCCCCCCCCCCCCCC#CC(=Nc1ccc(C=CCCCCCCCCCCCCCCCCCCCCC)cc1)C(CCCC)=Nc1ccc(C=CCCCCCCCCCCCCCCCCCCCCC)cc1.[Pd]. The molecule has 2 aromatic rings.